The van der Waals surface area contributed by atoms with Crippen molar-refractivity contribution in [2.45, 2.75) is 96.2 Å². The molecular weight excluding hydrogens is 219 g/mol. The predicted molar refractivity (Wildman–Crippen MR) is 82.3 cm³/mol. The third kappa shape index (κ3) is 16.0. The maximum absolute atomic E-state index is 8.65. The van der Waals surface area contributed by atoms with Crippen LogP contribution in [0.25, 0.3) is 0 Å². The van der Waals surface area contributed by atoms with E-state index in [0.29, 0.717) is 6.61 Å². The summed E-state index contributed by atoms with van der Waals surface area (Å²) in [6, 6.07) is 0. The van der Waals surface area contributed by atoms with Crippen molar-refractivity contribution in [1.82, 2.24) is 0 Å². The fourth-order valence-electron chi connectivity index (χ4n) is 2.38. The third-order valence-corrected chi connectivity index (χ3v) is 3.61. The summed E-state index contributed by atoms with van der Waals surface area (Å²) in [5.74, 6) is 0. The molecule has 0 aliphatic rings. The molecule has 0 saturated heterocycles. The van der Waals surface area contributed by atoms with Gasteiger partial charge in [-0.2, -0.15) is 0 Å². The zero-order chi connectivity index (χ0) is 13.3. The summed E-state index contributed by atoms with van der Waals surface area (Å²) in [5, 5.41) is 8.65. The molecule has 0 fully saturated rings. The second-order valence-electron chi connectivity index (χ2n) is 5.46. The first kappa shape index (κ1) is 18.0. The van der Waals surface area contributed by atoms with Crippen LogP contribution in [0.2, 0.25) is 6.32 Å². The quantitative estimate of drug-likeness (QED) is 0.320. The first-order valence-corrected chi connectivity index (χ1v) is 8.22. The zero-order valence-corrected chi connectivity index (χ0v) is 12.3. The van der Waals surface area contributed by atoms with E-state index in [-0.39, 0.29) is 0 Å². The van der Waals surface area contributed by atoms with Crippen LogP contribution in [0.1, 0.15) is 89.9 Å². The number of hydrogen-bond acceptors (Lipinski definition) is 1. The van der Waals surface area contributed by atoms with Crippen LogP contribution in [-0.4, -0.2) is 19.6 Å². The number of aliphatic hydroxyl groups excluding tert-OH is 1. The Morgan fingerprint density at radius 3 is 1.00 bits per heavy atom. The molecule has 0 amide bonds. The van der Waals surface area contributed by atoms with Crippen LogP contribution in [0, 0.1) is 0 Å². The minimum Gasteiger partial charge on any atom is -0.396 e. The Bertz CT molecular complexity index is 123. The summed E-state index contributed by atoms with van der Waals surface area (Å²) in [6.07, 6.45) is 19.5. The first-order chi connectivity index (χ1) is 8.91. The van der Waals surface area contributed by atoms with Crippen molar-refractivity contribution in [1.29, 1.82) is 0 Å². The van der Waals surface area contributed by atoms with E-state index in [9.17, 15) is 0 Å². The maximum Gasteiger partial charge on any atom is 0.0653 e. The molecule has 1 N–H and O–H groups in total. The van der Waals surface area contributed by atoms with Crippen LogP contribution >= 0.6 is 0 Å². The molecule has 0 spiro atoms. The molecule has 0 aliphatic carbocycles. The summed E-state index contributed by atoms with van der Waals surface area (Å²) in [6.45, 7) is 0.366. The number of hydrogen-bond donors (Lipinski definition) is 1. The topological polar surface area (TPSA) is 20.2 Å². The van der Waals surface area contributed by atoms with Gasteiger partial charge in [0.25, 0.3) is 0 Å². The van der Waals surface area contributed by atoms with E-state index in [2.05, 4.69) is 0 Å². The smallest absolute Gasteiger partial charge is 0.0653 e. The Balaban J connectivity index is 2.86. The van der Waals surface area contributed by atoms with Gasteiger partial charge < -0.3 is 5.11 Å². The van der Waals surface area contributed by atoms with E-state index >= 15 is 0 Å². The maximum atomic E-state index is 8.65. The monoisotopic (exact) mass is 252 g/mol. The van der Waals surface area contributed by atoms with Gasteiger partial charge >= 0.3 is 0 Å². The van der Waals surface area contributed by atoms with Gasteiger partial charge in [-0.25, -0.2) is 0 Å². The van der Waals surface area contributed by atoms with Gasteiger partial charge in [-0.15, -0.1) is 0 Å². The average molecular weight is 252 g/mol. The third-order valence-electron chi connectivity index (χ3n) is 3.61. The predicted octanol–water partition coefficient (Wildman–Crippen LogP) is 5.03. The van der Waals surface area contributed by atoms with Crippen molar-refractivity contribution < 1.29 is 5.11 Å². The fraction of sp³-hybridized carbons (Fsp3) is 1.00. The second-order valence-corrected chi connectivity index (χ2v) is 5.46. The minimum atomic E-state index is 0.366. The van der Waals surface area contributed by atoms with Crippen molar-refractivity contribution in [2.24, 2.45) is 0 Å². The summed E-state index contributed by atoms with van der Waals surface area (Å²) >= 11 is 0. The number of aliphatic hydroxyl groups is 1. The van der Waals surface area contributed by atoms with E-state index in [4.69, 9.17) is 13.0 Å². The summed E-state index contributed by atoms with van der Waals surface area (Å²) in [7, 11) is 5.46. The Hall–Kier alpha value is 0.0249. The highest BCUT2D eigenvalue weighted by atomic mass is 16.2. The SMILES string of the molecule is [B]CCCCCCCCCCCCCCCCO. The lowest BCUT2D eigenvalue weighted by molar-refractivity contribution is 0.282. The summed E-state index contributed by atoms with van der Waals surface area (Å²) in [5.41, 5.74) is 0. The highest BCUT2D eigenvalue weighted by molar-refractivity contribution is 6.08. The summed E-state index contributed by atoms with van der Waals surface area (Å²) < 4.78 is 0. The minimum absolute atomic E-state index is 0.366. The van der Waals surface area contributed by atoms with Gasteiger partial charge in [0.05, 0.1) is 7.85 Å². The van der Waals surface area contributed by atoms with Gasteiger partial charge in [0.15, 0.2) is 0 Å². The molecule has 0 rings (SSSR count). The van der Waals surface area contributed by atoms with Crippen LogP contribution < -0.4 is 0 Å². The van der Waals surface area contributed by atoms with Crippen molar-refractivity contribution in [3.05, 3.63) is 0 Å². The van der Waals surface area contributed by atoms with Gasteiger partial charge in [-0.05, 0) is 6.42 Å². The highest BCUT2D eigenvalue weighted by Gasteiger charge is 1.93. The molecule has 0 aromatic carbocycles. The van der Waals surface area contributed by atoms with Crippen LogP contribution in [0.4, 0.5) is 0 Å². The van der Waals surface area contributed by atoms with Crippen molar-refractivity contribution in [2.75, 3.05) is 6.61 Å². The van der Waals surface area contributed by atoms with Crippen molar-refractivity contribution in [3.63, 3.8) is 0 Å². The van der Waals surface area contributed by atoms with E-state index in [1.807, 2.05) is 0 Å². The zero-order valence-electron chi connectivity index (χ0n) is 12.3. The molecule has 0 atom stereocenters. The highest BCUT2D eigenvalue weighted by Crippen LogP contribution is 2.13. The lowest BCUT2D eigenvalue weighted by Crippen LogP contribution is -1.85. The molecule has 106 valence electrons. The molecule has 0 aromatic heterocycles. The Morgan fingerprint density at radius 1 is 0.444 bits per heavy atom. The molecule has 1 nitrogen and oxygen atoms in total. The first-order valence-electron chi connectivity index (χ1n) is 8.22. The molecule has 0 aromatic rings. The van der Waals surface area contributed by atoms with E-state index < -0.39 is 0 Å². The van der Waals surface area contributed by atoms with Crippen LogP contribution in [0.5, 0.6) is 0 Å². The lowest BCUT2D eigenvalue weighted by atomic mass is 9.98. The molecule has 0 aliphatic heterocycles. The van der Waals surface area contributed by atoms with Crippen molar-refractivity contribution >= 4 is 7.85 Å². The average Bonchev–Trinajstić information content (AvgIpc) is 2.39. The molecular formula is C16H33BO. The van der Waals surface area contributed by atoms with E-state index in [1.165, 1.54) is 83.5 Å². The Labute approximate surface area is 116 Å². The van der Waals surface area contributed by atoms with E-state index in [1.54, 1.807) is 0 Å². The fourth-order valence-corrected chi connectivity index (χ4v) is 2.38. The number of unbranched alkanes of at least 4 members (excludes halogenated alkanes) is 13. The second kappa shape index (κ2) is 17.0. The molecule has 2 radical (unpaired) electrons. The standard InChI is InChI=1S/C16H33BO/c17-15-13-11-9-7-5-3-1-2-4-6-8-10-12-14-16-18/h18H,1-16H2. The molecule has 0 saturated carbocycles. The van der Waals surface area contributed by atoms with Crippen LogP contribution in [0.15, 0.2) is 0 Å². The Kier molecular flexibility index (Phi) is 17.0. The van der Waals surface area contributed by atoms with Gasteiger partial charge in [0, 0.05) is 6.61 Å². The van der Waals surface area contributed by atoms with E-state index in [0.717, 1.165) is 12.7 Å². The molecule has 0 unspecified atom stereocenters. The van der Waals surface area contributed by atoms with Gasteiger partial charge in [0.1, 0.15) is 0 Å². The molecule has 0 bridgehead atoms. The van der Waals surface area contributed by atoms with Crippen LogP contribution in [-0.2, 0) is 0 Å². The normalized spacial score (nSPS) is 10.9. The Morgan fingerprint density at radius 2 is 0.722 bits per heavy atom. The van der Waals surface area contributed by atoms with Crippen LogP contribution in [0.3, 0.4) is 0 Å². The lowest BCUT2D eigenvalue weighted by Gasteiger charge is -2.02. The molecule has 0 heterocycles. The van der Waals surface area contributed by atoms with Gasteiger partial charge in [0.2, 0.25) is 0 Å². The molecule has 18 heavy (non-hydrogen) atoms. The van der Waals surface area contributed by atoms with Gasteiger partial charge in [-0.1, -0.05) is 89.8 Å². The largest absolute Gasteiger partial charge is 0.396 e. The summed E-state index contributed by atoms with van der Waals surface area (Å²) in [4.78, 5) is 0. The number of rotatable bonds is 15. The van der Waals surface area contributed by atoms with Gasteiger partial charge in [-0.3, -0.25) is 0 Å². The van der Waals surface area contributed by atoms with Crippen molar-refractivity contribution in [3.8, 4) is 0 Å². The molecule has 2 heteroatoms.